The van der Waals surface area contributed by atoms with Crippen LogP contribution in [0.2, 0.25) is 0 Å². The van der Waals surface area contributed by atoms with E-state index in [1.807, 2.05) is 25.3 Å². The number of hydrogen-bond acceptors (Lipinski definition) is 2. The Morgan fingerprint density at radius 3 is 2.43 bits per heavy atom. The summed E-state index contributed by atoms with van der Waals surface area (Å²) in [5.41, 5.74) is 3.35. The fourth-order valence-corrected chi connectivity index (χ4v) is 3.70. The lowest BCUT2D eigenvalue weighted by atomic mass is 10.1. The molecule has 0 spiro atoms. The Balaban J connectivity index is 0.000000313. The van der Waals surface area contributed by atoms with Crippen molar-refractivity contribution in [1.82, 2.24) is 4.98 Å². The summed E-state index contributed by atoms with van der Waals surface area (Å²) in [7, 11) is 0. The summed E-state index contributed by atoms with van der Waals surface area (Å²) >= 11 is 2.10. The molecule has 23 heavy (non-hydrogen) atoms. The lowest BCUT2D eigenvalue weighted by Gasteiger charge is -2.15. The van der Waals surface area contributed by atoms with Crippen molar-refractivity contribution < 1.29 is 0 Å². The van der Waals surface area contributed by atoms with Crippen LogP contribution in [-0.2, 0) is 0 Å². The topological polar surface area (TPSA) is 28.1 Å². The maximum Gasteiger partial charge on any atom is 0.0622 e. The molecule has 0 aromatic carbocycles. The summed E-state index contributed by atoms with van der Waals surface area (Å²) < 4.78 is 0. The molecule has 1 fully saturated rings. The molecule has 1 aromatic heterocycles. The second-order valence-electron chi connectivity index (χ2n) is 6.16. The van der Waals surface area contributed by atoms with E-state index in [9.17, 15) is 0 Å². The Hall–Kier alpha value is -1.22. The molecule has 0 saturated carbocycles. The monoisotopic (exact) mass is 332 g/mol. The van der Waals surface area contributed by atoms with Crippen LogP contribution >= 0.6 is 11.8 Å². The molecule has 0 atom stereocenters. The van der Waals surface area contributed by atoms with Crippen LogP contribution in [0.15, 0.2) is 29.0 Å². The summed E-state index contributed by atoms with van der Waals surface area (Å²) in [6, 6.07) is 2.04. The number of hydrogen-bond donors (Lipinski definition) is 1. The number of aromatic amines is 1. The van der Waals surface area contributed by atoms with E-state index >= 15 is 0 Å². The van der Waals surface area contributed by atoms with E-state index in [0.29, 0.717) is 0 Å². The summed E-state index contributed by atoms with van der Waals surface area (Å²) in [6.45, 7) is 14.6. The molecule has 0 aliphatic carbocycles. The first-order valence-electron chi connectivity index (χ1n) is 8.61. The molecule has 3 heteroatoms. The van der Waals surface area contributed by atoms with Crippen LogP contribution in [-0.4, -0.2) is 22.2 Å². The minimum atomic E-state index is 0.946. The van der Waals surface area contributed by atoms with Gasteiger partial charge >= 0.3 is 0 Å². The number of thioether (sulfide) groups is 1. The maximum absolute atomic E-state index is 4.61. The first-order chi connectivity index (χ1) is 11.0. The number of aliphatic imine (C=N–C) groups is 1. The van der Waals surface area contributed by atoms with Gasteiger partial charge in [-0.2, -0.15) is 11.8 Å². The van der Waals surface area contributed by atoms with E-state index in [0.717, 1.165) is 34.3 Å². The highest BCUT2D eigenvalue weighted by atomic mass is 32.2. The Bertz CT molecular complexity index is 631. The molecule has 2 heterocycles. The van der Waals surface area contributed by atoms with Crippen molar-refractivity contribution in [2.24, 2.45) is 10.9 Å². The summed E-state index contributed by atoms with van der Waals surface area (Å²) in [5.74, 6) is 3.82. The third-order valence-electron chi connectivity index (χ3n) is 4.23. The Morgan fingerprint density at radius 1 is 1.39 bits per heavy atom. The number of nitrogens with zero attached hydrogens (tertiary/aromatic N) is 1. The van der Waals surface area contributed by atoms with Crippen LogP contribution in [0.25, 0.3) is 12.2 Å². The summed E-state index contributed by atoms with van der Waals surface area (Å²) in [6.07, 6.45) is 7.83. The summed E-state index contributed by atoms with van der Waals surface area (Å²) in [4.78, 5) is 7.70. The average molecular weight is 333 g/mol. The van der Waals surface area contributed by atoms with Crippen LogP contribution in [0.3, 0.4) is 0 Å². The van der Waals surface area contributed by atoms with Crippen molar-refractivity contribution in [2.45, 2.75) is 53.9 Å². The van der Waals surface area contributed by atoms with E-state index in [-0.39, 0.29) is 0 Å². The lowest BCUT2D eigenvalue weighted by molar-refractivity contribution is 0.541. The maximum atomic E-state index is 4.61. The normalized spacial score (nSPS) is 18.3. The first-order valence-corrected chi connectivity index (χ1v) is 9.76. The molecule has 2 nitrogen and oxygen atoms in total. The number of allylic oxidation sites excluding steroid dienone is 2. The fourth-order valence-electron chi connectivity index (χ4n) is 2.36. The van der Waals surface area contributed by atoms with E-state index in [2.05, 4.69) is 56.0 Å². The number of rotatable bonds is 3. The molecule has 0 bridgehead atoms. The molecular formula is C20H32N2S. The molecule has 1 aliphatic heterocycles. The minimum absolute atomic E-state index is 0.946. The molecule has 128 valence electrons. The largest absolute Gasteiger partial charge is 0.362 e. The summed E-state index contributed by atoms with van der Waals surface area (Å²) in [5, 5.41) is 2.09. The SMILES string of the molecule is C=c1[nH]cc/c1=C(C)/C(=C\C)N=C(C)CC.CC1CCSCC1. The Kier molecular flexibility index (Phi) is 9.08. The van der Waals surface area contributed by atoms with E-state index in [1.165, 1.54) is 29.9 Å². The zero-order valence-corrected chi connectivity index (χ0v) is 16.2. The van der Waals surface area contributed by atoms with Gasteiger partial charge in [-0.3, -0.25) is 4.99 Å². The zero-order valence-electron chi connectivity index (χ0n) is 15.4. The Labute approximate surface area is 145 Å². The molecule has 1 aromatic rings. The van der Waals surface area contributed by atoms with Gasteiger partial charge in [0.2, 0.25) is 0 Å². The van der Waals surface area contributed by atoms with Crippen molar-refractivity contribution in [3.05, 3.63) is 34.6 Å². The highest BCUT2D eigenvalue weighted by molar-refractivity contribution is 7.99. The fraction of sp³-hybridized carbons (Fsp3) is 0.550. The van der Waals surface area contributed by atoms with Crippen LogP contribution in [0.5, 0.6) is 0 Å². The van der Waals surface area contributed by atoms with Gasteiger partial charge in [0.25, 0.3) is 0 Å². The van der Waals surface area contributed by atoms with Crippen LogP contribution < -0.4 is 10.6 Å². The third kappa shape index (κ3) is 6.82. The molecular weight excluding hydrogens is 300 g/mol. The van der Waals surface area contributed by atoms with Crippen molar-refractivity contribution in [2.75, 3.05) is 11.5 Å². The van der Waals surface area contributed by atoms with Gasteiger partial charge in [0.1, 0.15) is 0 Å². The molecule has 1 saturated heterocycles. The minimum Gasteiger partial charge on any atom is -0.362 e. The van der Waals surface area contributed by atoms with E-state index in [4.69, 9.17) is 0 Å². The predicted octanol–water partition coefficient (Wildman–Crippen LogP) is 4.52. The van der Waals surface area contributed by atoms with Gasteiger partial charge in [-0.15, -0.1) is 0 Å². The molecule has 0 unspecified atom stereocenters. The lowest BCUT2D eigenvalue weighted by Crippen LogP contribution is -2.22. The third-order valence-corrected chi connectivity index (χ3v) is 5.28. The van der Waals surface area contributed by atoms with Crippen LogP contribution in [0.1, 0.15) is 53.9 Å². The van der Waals surface area contributed by atoms with E-state index < -0.39 is 0 Å². The second-order valence-corrected chi connectivity index (χ2v) is 7.39. The predicted molar refractivity (Wildman–Crippen MR) is 108 cm³/mol. The van der Waals surface area contributed by atoms with Gasteiger partial charge < -0.3 is 4.98 Å². The molecule has 0 amide bonds. The highest BCUT2D eigenvalue weighted by Gasteiger charge is 2.06. The molecule has 0 radical (unpaired) electrons. The van der Waals surface area contributed by atoms with Crippen molar-refractivity contribution in [3.8, 4) is 0 Å². The van der Waals surface area contributed by atoms with Crippen molar-refractivity contribution in [3.63, 3.8) is 0 Å². The van der Waals surface area contributed by atoms with Gasteiger partial charge in [-0.1, -0.05) is 26.5 Å². The van der Waals surface area contributed by atoms with E-state index in [1.54, 1.807) is 0 Å². The van der Waals surface area contributed by atoms with Gasteiger partial charge in [0, 0.05) is 22.5 Å². The number of H-pyrrole nitrogens is 1. The molecule has 1 aliphatic rings. The first kappa shape index (κ1) is 19.8. The van der Waals surface area contributed by atoms with Gasteiger partial charge in [0.15, 0.2) is 0 Å². The Morgan fingerprint density at radius 2 is 2.04 bits per heavy atom. The number of nitrogens with one attached hydrogen (secondary N) is 1. The van der Waals surface area contributed by atoms with Crippen molar-refractivity contribution in [1.29, 1.82) is 0 Å². The van der Waals surface area contributed by atoms with Gasteiger partial charge in [-0.05, 0) is 69.1 Å². The average Bonchev–Trinajstić information content (AvgIpc) is 2.99. The van der Waals surface area contributed by atoms with Gasteiger partial charge in [0.05, 0.1) is 5.70 Å². The quantitative estimate of drug-likeness (QED) is 0.810. The molecule has 1 N–H and O–H groups in total. The van der Waals surface area contributed by atoms with Crippen LogP contribution in [0.4, 0.5) is 0 Å². The number of aromatic nitrogens is 1. The second kappa shape index (κ2) is 10.5. The smallest absolute Gasteiger partial charge is 0.0622 e. The van der Waals surface area contributed by atoms with Gasteiger partial charge in [-0.25, -0.2) is 0 Å². The van der Waals surface area contributed by atoms with Crippen molar-refractivity contribution >= 4 is 29.6 Å². The zero-order chi connectivity index (χ0) is 17.2. The highest BCUT2D eigenvalue weighted by Crippen LogP contribution is 2.21. The standard InChI is InChI=1S/C14H20N2.C6H12S/c1-6-10(3)16-14(7-2)11(4)13-8-9-15-12(13)5;1-6-2-4-7-5-3-6/h7-9,15H,5-6H2,1-4H3;6H,2-5H2,1H3/b13-11-,14-7+,16-10?;. The molecule has 2 rings (SSSR count). The van der Waals surface area contributed by atoms with Crippen LogP contribution in [0, 0.1) is 5.92 Å².